The summed E-state index contributed by atoms with van der Waals surface area (Å²) in [5.41, 5.74) is 0.232. The standard InChI is InChI=1S/C16H18N6O8/c23-14(9-17-8-11(30-22(27)28)10-29-21(25)26)19-6-3-7-20-15(24)12-4-1-2-5-13(12)18-16(19)20/h1-2,4-5,11,17H,3,6-10H2. The molecule has 0 saturated heterocycles. The van der Waals surface area contributed by atoms with Crippen molar-refractivity contribution >= 4 is 22.8 Å². The van der Waals surface area contributed by atoms with E-state index in [1.165, 1.54) is 9.47 Å². The van der Waals surface area contributed by atoms with Gasteiger partial charge in [0, 0.05) is 19.6 Å². The van der Waals surface area contributed by atoms with Crippen LogP contribution in [0.4, 0.5) is 5.95 Å². The Hall–Kier alpha value is -3.81. The van der Waals surface area contributed by atoms with E-state index in [2.05, 4.69) is 20.0 Å². The number of fused-ring (bicyclic) bond motifs is 2. The monoisotopic (exact) mass is 422 g/mol. The number of carbonyl (C=O) groups is 1. The minimum absolute atomic E-state index is 0.228. The third-order valence-corrected chi connectivity index (χ3v) is 4.40. The Labute approximate surface area is 168 Å². The average molecular weight is 422 g/mol. The number of anilines is 1. The van der Waals surface area contributed by atoms with E-state index in [-0.39, 0.29) is 24.6 Å². The van der Waals surface area contributed by atoms with Crippen molar-refractivity contribution in [3.63, 3.8) is 0 Å². The normalized spacial score (nSPS) is 14.1. The molecule has 0 bridgehead atoms. The molecule has 1 amide bonds. The first-order chi connectivity index (χ1) is 14.4. The number of amides is 1. The summed E-state index contributed by atoms with van der Waals surface area (Å²) >= 11 is 0. The Balaban J connectivity index is 1.69. The van der Waals surface area contributed by atoms with Gasteiger partial charge in [-0.25, -0.2) is 4.98 Å². The largest absolute Gasteiger partial charge is 0.312 e. The van der Waals surface area contributed by atoms with Gasteiger partial charge in [0.2, 0.25) is 11.9 Å². The number of nitrogens with one attached hydrogen (secondary N) is 1. The lowest BCUT2D eigenvalue weighted by Crippen LogP contribution is -2.47. The first-order valence-electron chi connectivity index (χ1n) is 8.96. The lowest BCUT2D eigenvalue weighted by molar-refractivity contribution is -0.789. The van der Waals surface area contributed by atoms with Gasteiger partial charge in [-0.15, -0.1) is 20.2 Å². The zero-order valence-corrected chi connectivity index (χ0v) is 15.6. The summed E-state index contributed by atoms with van der Waals surface area (Å²) in [6.45, 7) is -0.388. The summed E-state index contributed by atoms with van der Waals surface area (Å²) < 4.78 is 1.44. The topological polar surface area (TPSA) is 172 Å². The summed E-state index contributed by atoms with van der Waals surface area (Å²) in [4.78, 5) is 60.3. The molecule has 0 radical (unpaired) electrons. The third kappa shape index (κ3) is 4.78. The van der Waals surface area contributed by atoms with E-state index in [4.69, 9.17) is 0 Å². The summed E-state index contributed by atoms with van der Waals surface area (Å²) in [6, 6.07) is 6.83. The number of aromatic nitrogens is 2. The SMILES string of the molecule is O=C(CNCC(CO[N+](=O)[O-])O[N+](=O)[O-])N1CCCn2c1nc1ccccc1c2=O. The maximum absolute atomic E-state index is 12.7. The van der Waals surface area contributed by atoms with Gasteiger partial charge in [-0.2, -0.15) is 0 Å². The van der Waals surface area contributed by atoms with Gasteiger partial charge in [0.1, 0.15) is 12.7 Å². The number of nitrogens with zero attached hydrogens (tertiary/aromatic N) is 5. The van der Waals surface area contributed by atoms with Gasteiger partial charge in [-0.1, -0.05) is 12.1 Å². The van der Waals surface area contributed by atoms with Gasteiger partial charge in [0.15, 0.2) is 0 Å². The van der Waals surface area contributed by atoms with Crippen LogP contribution in [0.3, 0.4) is 0 Å². The maximum Gasteiger partial charge on any atom is 0.294 e. The highest BCUT2D eigenvalue weighted by Gasteiger charge is 2.26. The Morgan fingerprint density at radius 3 is 2.73 bits per heavy atom. The summed E-state index contributed by atoms with van der Waals surface area (Å²) in [5, 5.41) is 21.7. The molecule has 2 aromatic rings. The molecule has 160 valence electrons. The van der Waals surface area contributed by atoms with Crippen molar-refractivity contribution in [1.29, 1.82) is 0 Å². The summed E-state index contributed by atoms with van der Waals surface area (Å²) in [6.07, 6.45) is -0.723. The van der Waals surface area contributed by atoms with E-state index in [1.807, 2.05) is 0 Å². The molecule has 0 saturated carbocycles. The van der Waals surface area contributed by atoms with Crippen molar-refractivity contribution in [3.8, 4) is 0 Å². The molecule has 1 aliphatic heterocycles. The lowest BCUT2D eigenvalue weighted by Gasteiger charge is -2.29. The molecule has 30 heavy (non-hydrogen) atoms. The molecule has 0 aliphatic carbocycles. The number of hydrogen-bond donors (Lipinski definition) is 1. The van der Waals surface area contributed by atoms with Crippen molar-refractivity contribution in [2.45, 2.75) is 19.1 Å². The van der Waals surface area contributed by atoms with Crippen LogP contribution in [0.15, 0.2) is 29.1 Å². The van der Waals surface area contributed by atoms with E-state index in [0.29, 0.717) is 30.4 Å². The first-order valence-corrected chi connectivity index (χ1v) is 8.96. The van der Waals surface area contributed by atoms with Crippen molar-refractivity contribution < 1.29 is 24.6 Å². The number of carbonyl (C=O) groups excluding carboxylic acids is 1. The van der Waals surface area contributed by atoms with Crippen LogP contribution >= 0.6 is 0 Å². The second kappa shape index (κ2) is 9.13. The molecule has 1 atom stereocenters. The number of hydrogen-bond acceptors (Lipinski definition) is 10. The molecule has 1 aromatic heterocycles. The van der Waals surface area contributed by atoms with E-state index < -0.39 is 28.8 Å². The number of benzene rings is 1. The Kier molecular flexibility index (Phi) is 6.36. The van der Waals surface area contributed by atoms with Crippen molar-refractivity contribution in [3.05, 3.63) is 54.8 Å². The van der Waals surface area contributed by atoms with Crippen molar-refractivity contribution in [2.75, 3.05) is 31.1 Å². The van der Waals surface area contributed by atoms with Gasteiger partial charge in [0.25, 0.3) is 15.7 Å². The van der Waals surface area contributed by atoms with Gasteiger partial charge in [-0.3, -0.25) is 19.1 Å². The first kappa shape index (κ1) is 20.9. The Bertz CT molecular complexity index is 1020. The summed E-state index contributed by atoms with van der Waals surface area (Å²) in [5.74, 6) is -0.188. The van der Waals surface area contributed by atoms with E-state index in [1.54, 1.807) is 24.3 Å². The minimum atomic E-state index is -1.28. The van der Waals surface area contributed by atoms with Crippen LogP contribution in [0, 0.1) is 20.2 Å². The fourth-order valence-electron chi connectivity index (χ4n) is 3.11. The highest BCUT2D eigenvalue weighted by molar-refractivity contribution is 5.94. The van der Waals surface area contributed by atoms with Crippen molar-refractivity contribution in [2.24, 2.45) is 0 Å². The average Bonchev–Trinajstić information content (AvgIpc) is 2.71. The predicted molar refractivity (Wildman–Crippen MR) is 101 cm³/mol. The van der Waals surface area contributed by atoms with Crippen molar-refractivity contribution in [1.82, 2.24) is 14.9 Å². The molecule has 1 aliphatic rings. The van der Waals surface area contributed by atoms with Crippen LogP contribution in [-0.2, 0) is 21.0 Å². The van der Waals surface area contributed by atoms with Crippen LogP contribution in [0.2, 0.25) is 0 Å². The molecule has 0 spiro atoms. The third-order valence-electron chi connectivity index (χ3n) is 4.40. The highest BCUT2D eigenvalue weighted by atomic mass is 17.0. The van der Waals surface area contributed by atoms with Crippen LogP contribution in [-0.4, -0.2) is 58.0 Å². The number of para-hydroxylation sites is 1. The molecule has 1 aromatic carbocycles. The highest BCUT2D eigenvalue weighted by Crippen LogP contribution is 2.19. The molecule has 2 heterocycles. The quantitative estimate of drug-likeness (QED) is 0.410. The lowest BCUT2D eigenvalue weighted by atomic mass is 10.2. The second-order valence-electron chi connectivity index (χ2n) is 6.39. The minimum Gasteiger partial charge on any atom is -0.312 e. The smallest absolute Gasteiger partial charge is 0.294 e. The summed E-state index contributed by atoms with van der Waals surface area (Å²) in [7, 11) is 0. The molecule has 3 rings (SSSR count). The van der Waals surface area contributed by atoms with E-state index >= 15 is 0 Å². The van der Waals surface area contributed by atoms with Crippen LogP contribution in [0.1, 0.15) is 6.42 Å². The fraction of sp³-hybridized carbons (Fsp3) is 0.438. The van der Waals surface area contributed by atoms with Crippen LogP contribution in [0.25, 0.3) is 10.9 Å². The van der Waals surface area contributed by atoms with Crippen LogP contribution < -0.4 is 15.8 Å². The van der Waals surface area contributed by atoms with Gasteiger partial charge >= 0.3 is 0 Å². The zero-order valence-electron chi connectivity index (χ0n) is 15.6. The fourth-order valence-corrected chi connectivity index (χ4v) is 3.11. The molecule has 1 N–H and O–H groups in total. The van der Waals surface area contributed by atoms with Gasteiger partial charge in [-0.05, 0) is 18.6 Å². The molecule has 0 fully saturated rings. The molecule has 1 unspecified atom stereocenters. The molecule has 14 heteroatoms. The Morgan fingerprint density at radius 1 is 1.23 bits per heavy atom. The van der Waals surface area contributed by atoms with Gasteiger partial charge < -0.3 is 15.0 Å². The molecular formula is C16H18N6O8. The zero-order chi connectivity index (χ0) is 21.7. The Morgan fingerprint density at radius 2 is 2.00 bits per heavy atom. The molecular weight excluding hydrogens is 404 g/mol. The number of rotatable bonds is 9. The molecule has 14 nitrogen and oxygen atoms in total. The maximum atomic E-state index is 12.7. The van der Waals surface area contributed by atoms with E-state index in [0.717, 1.165) is 0 Å². The second-order valence-corrected chi connectivity index (χ2v) is 6.39. The van der Waals surface area contributed by atoms with Gasteiger partial charge in [0.05, 0.1) is 17.4 Å². The van der Waals surface area contributed by atoms with E-state index in [9.17, 15) is 29.8 Å². The van der Waals surface area contributed by atoms with Crippen LogP contribution in [0.5, 0.6) is 0 Å². The predicted octanol–water partition coefficient (Wildman–Crippen LogP) is -0.492.